The zero-order valence-corrected chi connectivity index (χ0v) is 17.5. The fourth-order valence-electron chi connectivity index (χ4n) is 8.29. The van der Waals surface area contributed by atoms with Crippen LogP contribution in [0.5, 0.6) is 0 Å². The maximum Gasteiger partial charge on any atom is 0.302 e. The van der Waals surface area contributed by atoms with Gasteiger partial charge in [-0.05, 0) is 80.0 Å². The molecule has 2 N–H and O–H groups in total. The van der Waals surface area contributed by atoms with Gasteiger partial charge in [0.05, 0.1) is 6.10 Å². The van der Waals surface area contributed by atoms with Crippen LogP contribution in [0.3, 0.4) is 0 Å². The predicted molar refractivity (Wildman–Crippen MR) is 104 cm³/mol. The maximum atomic E-state index is 12.5. The van der Waals surface area contributed by atoms with Crippen LogP contribution >= 0.6 is 0 Å². The van der Waals surface area contributed by atoms with Gasteiger partial charge in [-0.1, -0.05) is 13.8 Å². The summed E-state index contributed by atoms with van der Waals surface area (Å²) in [5.41, 5.74) is -0.110. The lowest BCUT2D eigenvalue weighted by Crippen LogP contribution is -2.60. The number of ether oxygens (including phenoxy) is 1. The van der Waals surface area contributed by atoms with E-state index in [1.54, 1.807) is 0 Å². The fraction of sp³-hybridized carbons (Fsp3) is 0.913. The van der Waals surface area contributed by atoms with Gasteiger partial charge >= 0.3 is 5.97 Å². The van der Waals surface area contributed by atoms with Crippen molar-refractivity contribution in [1.29, 1.82) is 0 Å². The highest BCUT2D eigenvalue weighted by Gasteiger charge is 2.64. The number of carbonyl (C=O) groups excluding carboxylic acids is 2. The Morgan fingerprint density at radius 2 is 1.82 bits per heavy atom. The first kappa shape index (κ1) is 20.3. The van der Waals surface area contributed by atoms with E-state index in [1.165, 1.54) is 6.92 Å². The van der Waals surface area contributed by atoms with Crippen LogP contribution in [0.1, 0.15) is 72.1 Å². The molecule has 0 amide bonds. The van der Waals surface area contributed by atoms with Crippen molar-refractivity contribution in [3.05, 3.63) is 0 Å². The third-order valence-corrected chi connectivity index (χ3v) is 9.41. The Hall–Kier alpha value is -0.940. The SMILES string of the molecule is CC(=O)O[C@H]1C[C@]2(C)[C@@H](C(=O)CO)CC[C@H]2[C@@H]2CC[C@H]3C[C@H](O)CC[C@]3(C)[C@H]21. The number of fused-ring (bicyclic) bond motifs is 5. The molecule has 4 rings (SSSR count). The molecule has 0 radical (unpaired) electrons. The van der Waals surface area contributed by atoms with E-state index in [2.05, 4.69) is 13.8 Å². The van der Waals surface area contributed by atoms with Crippen LogP contribution in [0.15, 0.2) is 0 Å². The summed E-state index contributed by atoms with van der Waals surface area (Å²) in [5, 5.41) is 19.7. The Morgan fingerprint density at radius 3 is 2.50 bits per heavy atom. The van der Waals surface area contributed by atoms with Crippen LogP contribution in [0, 0.1) is 40.4 Å². The monoisotopic (exact) mass is 392 g/mol. The third-order valence-electron chi connectivity index (χ3n) is 9.41. The number of carbonyl (C=O) groups is 2. The number of Topliss-reactive ketones (excluding diaryl/α,β-unsaturated/α-hetero) is 1. The molecule has 0 aromatic rings. The van der Waals surface area contributed by atoms with Crippen molar-refractivity contribution in [3.63, 3.8) is 0 Å². The third kappa shape index (κ3) is 2.96. The van der Waals surface area contributed by atoms with Crippen molar-refractivity contribution in [3.8, 4) is 0 Å². The van der Waals surface area contributed by atoms with Gasteiger partial charge in [0.1, 0.15) is 12.7 Å². The number of ketones is 1. The number of rotatable bonds is 3. The number of aliphatic hydroxyl groups is 2. The van der Waals surface area contributed by atoms with Crippen molar-refractivity contribution in [2.24, 2.45) is 40.4 Å². The van der Waals surface area contributed by atoms with Gasteiger partial charge in [0, 0.05) is 18.8 Å². The lowest BCUT2D eigenvalue weighted by molar-refractivity contribution is -0.197. The molecule has 28 heavy (non-hydrogen) atoms. The van der Waals surface area contributed by atoms with E-state index in [0.717, 1.165) is 51.4 Å². The molecule has 0 unspecified atom stereocenters. The van der Waals surface area contributed by atoms with Crippen LogP contribution in [-0.4, -0.2) is 40.8 Å². The molecule has 4 aliphatic rings. The highest BCUT2D eigenvalue weighted by molar-refractivity contribution is 5.83. The van der Waals surface area contributed by atoms with E-state index in [0.29, 0.717) is 23.7 Å². The Labute approximate surface area is 168 Å². The largest absolute Gasteiger partial charge is 0.462 e. The van der Waals surface area contributed by atoms with E-state index in [4.69, 9.17) is 4.74 Å². The van der Waals surface area contributed by atoms with Gasteiger partial charge in [0.2, 0.25) is 0 Å². The molecular weight excluding hydrogens is 356 g/mol. The standard InChI is InChI=1S/C23H36O5/c1-13(25)28-20-11-23(3)17(6-7-18(23)19(27)12-24)16-5-4-14-10-15(26)8-9-22(14,2)21(16)20/h14-18,20-21,24,26H,4-12H2,1-3H3/t14-,15+,16-,17-,18+,20-,21+,22-,23-/m0/s1. The number of hydrogen-bond donors (Lipinski definition) is 2. The quantitative estimate of drug-likeness (QED) is 0.721. The van der Waals surface area contributed by atoms with Crippen LogP contribution in [0.25, 0.3) is 0 Å². The Kier molecular flexibility index (Phi) is 5.15. The van der Waals surface area contributed by atoms with Gasteiger partial charge in [-0.2, -0.15) is 0 Å². The van der Waals surface area contributed by atoms with Crippen molar-refractivity contribution < 1.29 is 24.5 Å². The second-order valence-electron chi connectivity index (χ2n) is 10.6. The number of aliphatic hydroxyl groups excluding tert-OH is 2. The molecule has 158 valence electrons. The van der Waals surface area contributed by atoms with E-state index in [-0.39, 0.29) is 40.7 Å². The lowest BCUT2D eigenvalue weighted by Gasteiger charge is -2.62. The summed E-state index contributed by atoms with van der Waals surface area (Å²) in [6.07, 6.45) is 7.12. The first-order chi connectivity index (χ1) is 13.2. The number of hydrogen-bond acceptors (Lipinski definition) is 5. The van der Waals surface area contributed by atoms with Crippen LogP contribution in [0.2, 0.25) is 0 Å². The summed E-state index contributed by atoms with van der Waals surface area (Å²) in [6.45, 7) is 5.66. The highest BCUT2D eigenvalue weighted by atomic mass is 16.5. The average Bonchev–Trinajstić information content (AvgIpc) is 2.97. The molecule has 0 bridgehead atoms. The fourth-order valence-corrected chi connectivity index (χ4v) is 8.29. The smallest absolute Gasteiger partial charge is 0.302 e. The molecule has 5 heteroatoms. The summed E-state index contributed by atoms with van der Waals surface area (Å²) in [5.74, 6) is 1.28. The summed E-state index contributed by atoms with van der Waals surface area (Å²) < 4.78 is 5.96. The first-order valence-corrected chi connectivity index (χ1v) is 11.2. The maximum absolute atomic E-state index is 12.5. The summed E-state index contributed by atoms with van der Waals surface area (Å²) >= 11 is 0. The van der Waals surface area contributed by atoms with Gasteiger partial charge in [0.15, 0.2) is 5.78 Å². The highest BCUT2D eigenvalue weighted by Crippen LogP contribution is 2.68. The summed E-state index contributed by atoms with van der Waals surface area (Å²) in [6, 6.07) is 0. The zero-order valence-electron chi connectivity index (χ0n) is 17.5. The minimum Gasteiger partial charge on any atom is -0.462 e. The molecule has 0 aromatic heterocycles. The molecule has 4 saturated carbocycles. The van der Waals surface area contributed by atoms with Crippen molar-refractivity contribution in [1.82, 2.24) is 0 Å². The lowest BCUT2D eigenvalue weighted by atomic mass is 9.43. The van der Waals surface area contributed by atoms with E-state index >= 15 is 0 Å². The second-order valence-corrected chi connectivity index (χ2v) is 10.6. The normalized spacial score (nSPS) is 50.2. The van der Waals surface area contributed by atoms with Gasteiger partial charge < -0.3 is 14.9 Å². The van der Waals surface area contributed by atoms with Crippen molar-refractivity contribution in [2.75, 3.05) is 6.61 Å². The van der Waals surface area contributed by atoms with Crippen LogP contribution in [-0.2, 0) is 14.3 Å². The average molecular weight is 393 g/mol. The molecule has 5 nitrogen and oxygen atoms in total. The van der Waals surface area contributed by atoms with E-state index < -0.39 is 6.61 Å². The van der Waals surface area contributed by atoms with E-state index in [9.17, 15) is 19.8 Å². The molecule has 0 saturated heterocycles. The van der Waals surface area contributed by atoms with Crippen molar-refractivity contribution >= 4 is 11.8 Å². The van der Waals surface area contributed by atoms with Gasteiger partial charge in [-0.15, -0.1) is 0 Å². The summed E-state index contributed by atoms with van der Waals surface area (Å²) in [4.78, 5) is 24.5. The molecule has 4 aliphatic carbocycles. The topological polar surface area (TPSA) is 83.8 Å². The zero-order chi connectivity index (χ0) is 20.3. The Bertz CT molecular complexity index is 647. The van der Waals surface area contributed by atoms with Crippen LogP contribution < -0.4 is 0 Å². The molecule has 0 aliphatic heterocycles. The minimum absolute atomic E-state index is 0.0503. The molecule has 9 atom stereocenters. The van der Waals surface area contributed by atoms with Crippen molar-refractivity contribution in [2.45, 2.75) is 84.3 Å². The van der Waals surface area contributed by atoms with E-state index in [1.807, 2.05) is 0 Å². The second kappa shape index (κ2) is 7.09. The molecule has 0 aromatic carbocycles. The molecule has 0 heterocycles. The predicted octanol–water partition coefficient (Wildman–Crippen LogP) is 3.11. The van der Waals surface area contributed by atoms with Gasteiger partial charge in [-0.25, -0.2) is 0 Å². The summed E-state index contributed by atoms with van der Waals surface area (Å²) in [7, 11) is 0. The molecular formula is C23H36O5. The minimum atomic E-state index is -0.392. The Morgan fingerprint density at radius 1 is 1.07 bits per heavy atom. The van der Waals surface area contributed by atoms with Crippen LogP contribution in [0.4, 0.5) is 0 Å². The van der Waals surface area contributed by atoms with Gasteiger partial charge in [0.25, 0.3) is 0 Å². The Balaban J connectivity index is 1.71. The molecule has 4 fully saturated rings. The number of esters is 1. The molecule has 0 spiro atoms. The van der Waals surface area contributed by atoms with Gasteiger partial charge in [-0.3, -0.25) is 9.59 Å². The first-order valence-electron chi connectivity index (χ1n) is 11.2.